The third-order valence-electron chi connectivity index (χ3n) is 2.79. The fourth-order valence-corrected chi connectivity index (χ4v) is 1.77. The summed E-state index contributed by atoms with van der Waals surface area (Å²) in [5.41, 5.74) is 0. The molecule has 0 radical (unpaired) electrons. The second-order valence-corrected chi connectivity index (χ2v) is 4.46. The van der Waals surface area contributed by atoms with Crippen LogP contribution in [-0.4, -0.2) is 48.5 Å². The van der Waals surface area contributed by atoms with E-state index in [9.17, 15) is 4.79 Å². The van der Waals surface area contributed by atoms with Crippen molar-refractivity contribution in [2.45, 2.75) is 32.7 Å². The van der Waals surface area contributed by atoms with Crippen molar-refractivity contribution in [3.63, 3.8) is 0 Å². The van der Waals surface area contributed by atoms with Crippen molar-refractivity contribution in [2.24, 2.45) is 4.99 Å². The van der Waals surface area contributed by atoms with Gasteiger partial charge in [-0.25, -0.2) is 0 Å². The van der Waals surface area contributed by atoms with Crippen LogP contribution in [0.4, 0.5) is 0 Å². The highest BCUT2D eigenvalue weighted by Crippen LogP contribution is 1.91. The zero-order valence-electron chi connectivity index (χ0n) is 12.8. The van der Waals surface area contributed by atoms with Crippen molar-refractivity contribution >= 4 is 11.9 Å². The van der Waals surface area contributed by atoms with Gasteiger partial charge >= 0.3 is 5.97 Å². The van der Waals surface area contributed by atoms with E-state index in [0.29, 0.717) is 19.6 Å². The van der Waals surface area contributed by atoms with Gasteiger partial charge in [0.1, 0.15) is 0 Å². The quantitative estimate of drug-likeness (QED) is 0.304. The zero-order chi connectivity index (χ0) is 15.3. The summed E-state index contributed by atoms with van der Waals surface area (Å²) in [6.45, 7) is 4.63. The maximum Gasteiger partial charge on any atom is 0.305 e. The van der Waals surface area contributed by atoms with E-state index < -0.39 is 0 Å². The number of ether oxygens (including phenoxy) is 1. The third-order valence-corrected chi connectivity index (χ3v) is 2.79. The summed E-state index contributed by atoms with van der Waals surface area (Å²) in [7, 11) is 1.73. The molecule has 0 atom stereocenters. The smallest absolute Gasteiger partial charge is 0.305 e. The number of aliphatic imine (C=N–C) groups is 1. The summed E-state index contributed by atoms with van der Waals surface area (Å²) >= 11 is 0. The first kappa shape index (κ1) is 17.0. The lowest BCUT2D eigenvalue weighted by molar-refractivity contribution is -0.143. The molecular weight excluding hydrogens is 270 g/mol. The minimum absolute atomic E-state index is 0.151. The van der Waals surface area contributed by atoms with Crippen LogP contribution in [0.1, 0.15) is 26.2 Å². The Hall–Kier alpha value is -2.05. The predicted molar refractivity (Wildman–Crippen MR) is 82.1 cm³/mol. The van der Waals surface area contributed by atoms with Crippen LogP contribution in [0, 0.1) is 0 Å². The summed E-state index contributed by atoms with van der Waals surface area (Å²) < 4.78 is 6.77. The number of aromatic nitrogens is 2. The number of nitrogens with one attached hydrogen (secondary N) is 2. The van der Waals surface area contributed by atoms with Gasteiger partial charge in [-0.2, -0.15) is 5.10 Å². The Balaban J connectivity index is 2.05. The average molecular weight is 295 g/mol. The number of esters is 1. The van der Waals surface area contributed by atoms with Crippen LogP contribution in [0.2, 0.25) is 0 Å². The molecule has 0 saturated carbocycles. The zero-order valence-corrected chi connectivity index (χ0v) is 12.8. The Morgan fingerprint density at radius 3 is 2.71 bits per heavy atom. The molecule has 2 N–H and O–H groups in total. The molecule has 0 bridgehead atoms. The fraction of sp³-hybridized carbons (Fsp3) is 0.643. The predicted octanol–water partition coefficient (Wildman–Crippen LogP) is 0.782. The molecule has 1 rings (SSSR count). The summed E-state index contributed by atoms with van der Waals surface area (Å²) in [4.78, 5) is 15.3. The molecule has 1 aromatic rings. The van der Waals surface area contributed by atoms with E-state index in [0.717, 1.165) is 31.9 Å². The molecule has 1 heterocycles. The number of hydrogen-bond acceptors (Lipinski definition) is 4. The van der Waals surface area contributed by atoms with E-state index >= 15 is 0 Å². The van der Waals surface area contributed by atoms with Crippen LogP contribution in [0.5, 0.6) is 0 Å². The van der Waals surface area contributed by atoms with Crippen LogP contribution in [0.25, 0.3) is 0 Å². The Kier molecular flexibility index (Phi) is 8.67. The van der Waals surface area contributed by atoms with Crippen LogP contribution in [0.3, 0.4) is 0 Å². The summed E-state index contributed by atoms with van der Waals surface area (Å²) in [5.74, 6) is 0.598. The number of aryl methyl sites for hydroxylation is 1. The summed E-state index contributed by atoms with van der Waals surface area (Å²) in [6, 6.07) is 1.91. The molecule has 0 unspecified atom stereocenters. The van der Waals surface area contributed by atoms with Gasteiger partial charge in [-0.15, -0.1) is 0 Å². The molecule has 0 aliphatic heterocycles. The number of nitrogens with zero attached hydrogens (tertiary/aromatic N) is 3. The minimum atomic E-state index is -0.151. The van der Waals surface area contributed by atoms with Crippen LogP contribution >= 0.6 is 0 Å². The van der Waals surface area contributed by atoms with Gasteiger partial charge in [0, 0.05) is 45.5 Å². The highest BCUT2D eigenvalue weighted by atomic mass is 16.5. The monoisotopic (exact) mass is 295 g/mol. The second-order valence-electron chi connectivity index (χ2n) is 4.46. The third kappa shape index (κ3) is 7.96. The van der Waals surface area contributed by atoms with E-state index in [1.54, 1.807) is 13.2 Å². The largest absolute Gasteiger partial charge is 0.466 e. The molecule has 0 aliphatic rings. The first-order valence-corrected chi connectivity index (χ1v) is 7.33. The van der Waals surface area contributed by atoms with E-state index in [1.807, 2.05) is 23.9 Å². The molecule has 7 heteroatoms. The van der Waals surface area contributed by atoms with Crippen molar-refractivity contribution in [3.05, 3.63) is 18.5 Å². The van der Waals surface area contributed by atoms with E-state index in [-0.39, 0.29) is 5.97 Å². The molecule has 0 amide bonds. The number of carbonyl (C=O) groups excluding carboxylic acids is 1. The van der Waals surface area contributed by atoms with E-state index in [2.05, 4.69) is 20.7 Å². The highest BCUT2D eigenvalue weighted by molar-refractivity contribution is 5.79. The van der Waals surface area contributed by atoms with Gasteiger partial charge in [0.05, 0.1) is 6.61 Å². The lowest BCUT2D eigenvalue weighted by Crippen LogP contribution is -2.38. The molecule has 0 fully saturated rings. The number of hydrogen-bond donors (Lipinski definition) is 2. The van der Waals surface area contributed by atoms with Gasteiger partial charge in [0.25, 0.3) is 0 Å². The first-order chi connectivity index (χ1) is 10.3. The van der Waals surface area contributed by atoms with Crippen LogP contribution in [-0.2, 0) is 16.1 Å². The summed E-state index contributed by atoms with van der Waals surface area (Å²) in [5, 5.41) is 10.5. The second kappa shape index (κ2) is 10.7. The Morgan fingerprint density at radius 2 is 2.10 bits per heavy atom. The molecule has 21 heavy (non-hydrogen) atoms. The average Bonchev–Trinajstić information content (AvgIpc) is 2.99. The lowest BCUT2D eigenvalue weighted by Gasteiger charge is -2.11. The van der Waals surface area contributed by atoms with Crippen LogP contribution < -0.4 is 10.6 Å². The maximum atomic E-state index is 11.2. The normalized spacial score (nSPS) is 11.2. The molecule has 7 nitrogen and oxygen atoms in total. The van der Waals surface area contributed by atoms with Crippen molar-refractivity contribution < 1.29 is 9.53 Å². The van der Waals surface area contributed by atoms with Crippen LogP contribution in [0.15, 0.2) is 23.5 Å². The molecule has 118 valence electrons. The molecular formula is C14H25N5O2. The number of carbonyl (C=O) groups is 1. The molecule has 0 aliphatic carbocycles. The van der Waals surface area contributed by atoms with Gasteiger partial charge in [-0.05, 0) is 25.8 Å². The maximum absolute atomic E-state index is 11.2. The Labute approximate surface area is 125 Å². The number of rotatable bonds is 9. The van der Waals surface area contributed by atoms with Crippen molar-refractivity contribution in [1.29, 1.82) is 0 Å². The first-order valence-electron chi connectivity index (χ1n) is 7.33. The molecule has 0 saturated heterocycles. The van der Waals surface area contributed by atoms with Crippen molar-refractivity contribution in [3.8, 4) is 0 Å². The highest BCUT2D eigenvalue weighted by Gasteiger charge is 2.02. The van der Waals surface area contributed by atoms with Gasteiger partial charge in [-0.3, -0.25) is 14.5 Å². The Morgan fingerprint density at radius 1 is 1.33 bits per heavy atom. The number of guanidine groups is 1. The standard InChI is InChI=1S/C14H25N5O2/c1-3-21-13(20)7-4-8-16-14(15-2)17-9-5-11-19-12-6-10-18-19/h6,10,12H,3-5,7-9,11H2,1-2H3,(H2,15,16,17). The SMILES string of the molecule is CCOC(=O)CCCNC(=NC)NCCCn1cccn1. The van der Waals surface area contributed by atoms with E-state index in [1.165, 1.54) is 0 Å². The van der Waals surface area contributed by atoms with Gasteiger partial charge in [-0.1, -0.05) is 0 Å². The van der Waals surface area contributed by atoms with Gasteiger partial charge in [0.15, 0.2) is 5.96 Å². The van der Waals surface area contributed by atoms with Crippen molar-refractivity contribution in [1.82, 2.24) is 20.4 Å². The summed E-state index contributed by atoms with van der Waals surface area (Å²) in [6.07, 6.45) is 5.84. The van der Waals surface area contributed by atoms with Crippen molar-refractivity contribution in [2.75, 3.05) is 26.7 Å². The molecule has 0 spiro atoms. The molecule has 0 aromatic carbocycles. The Bertz CT molecular complexity index is 417. The fourth-order valence-electron chi connectivity index (χ4n) is 1.77. The lowest BCUT2D eigenvalue weighted by atomic mass is 10.3. The minimum Gasteiger partial charge on any atom is -0.466 e. The van der Waals surface area contributed by atoms with Gasteiger partial charge in [0.2, 0.25) is 0 Å². The molecule has 1 aromatic heterocycles. The van der Waals surface area contributed by atoms with E-state index in [4.69, 9.17) is 4.74 Å². The van der Waals surface area contributed by atoms with Gasteiger partial charge < -0.3 is 15.4 Å². The topological polar surface area (TPSA) is 80.5 Å².